The third kappa shape index (κ3) is 8.11. The lowest BCUT2D eigenvalue weighted by Gasteiger charge is -2.24. The maximum absolute atomic E-state index is 9.29. The fourth-order valence-corrected chi connectivity index (χ4v) is 6.25. The van der Waals surface area contributed by atoms with Gasteiger partial charge in [0, 0.05) is 12.2 Å². The monoisotopic (exact) mass is 430 g/mol. The third-order valence-corrected chi connectivity index (χ3v) is 8.74. The standard InChI is InChI=1S/C24H38N2O3Si/c1-29-23-7-4-6-21(16-23)17-30(2,3)15-5-14-26-22-10-8-20(9-11-22)12-13-24(25,18-27)19-28/h4,6-11,16,26-28H,5,12-15,17-19,25H2,1-3H3. The summed E-state index contributed by atoms with van der Waals surface area (Å²) in [6, 6.07) is 19.2. The number of aliphatic hydroxyl groups excluding tert-OH is 2. The summed E-state index contributed by atoms with van der Waals surface area (Å²) in [7, 11) is 0.407. The van der Waals surface area contributed by atoms with E-state index < -0.39 is 13.6 Å². The van der Waals surface area contributed by atoms with Crippen molar-refractivity contribution in [2.24, 2.45) is 5.73 Å². The van der Waals surface area contributed by atoms with Gasteiger partial charge in [0.1, 0.15) is 5.75 Å². The molecule has 6 heteroatoms. The number of rotatable bonds is 13. The molecule has 0 amide bonds. The molecule has 0 unspecified atom stereocenters. The van der Waals surface area contributed by atoms with E-state index in [1.165, 1.54) is 17.7 Å². The fourth-order valence-electron chi connectivity index (χ4n) is 3.61. The Morgan fingerprint density at radius 1 is 1.03 bits per heavy atom. The lowest BCUT2D eigenvalue weighted by Crippen LogP contribution is -2.47. The van der Waals surface area contributed by atoms with E-state index in [9.17, 15) is 10.2 Å². The molecular formula is C24H38N2O3Si. The largest absolute Gasteiger partial charge is 0.497 e. The Bertz CT molecular complexity index is 761. The first-order valence-electron chi connectivity index (χ1n) is 10.8. The number of aliphatic hydroxyl groups is 2. The van der Waals surface area contributed by atoms with E-state index in [2.05, 4.69) is 60.9 Å². The zero-order chi connectivity index (χ0) is 22.0. The second-order valence-corrected chi connectivity index (χ2v) is 14.3. The van der Waals surface area contributed by atoms with Gasteiger partial charge in [0.25, 0.3) is 0 Å². The Balaban J connectivity index is 1.74. The van der Waals surface area contributed by atoms with Gasteiger partial charge >= 0.3 is 0 Å². The number of nitrogens with one attached hydrogen (secondary N) is 1. The molecule has 166 valence electrons. The lowest BCUT2D eigenvalue weighted by atomic mass is 9.94. The van der Waals surface area contributed by atoms with Crippen molar-refractivity contribution in [3.63, 3.8) is 0 Å². The molecule has 2 aromatic rings. The number of methoxy groups -OCH3 is 1. The van der Waals surface area contributed by atoms with Crippen molar-refractivity contribution < 1.29 is 14.9 Å². The van der Waals surface area contributed by atoms with Gasteiger partial charge in [-0.05, 0) is 60.7 Å². The van der Waals surface area contributed by atoms with Crippen molar-refractivity contribution in [2.75, 3.05) is 32.2 Å². The van der Waals surface area contributed by atoms with Crippen LogP contribution in [0.5, 0.6) is 5.75 Å². The predicted octanol–water partition coefficient (Wildman–Crippen LogP) is 3.60. The minimum Gasteiger partial charge on any atom is -0.497 e. The SMILES string of the molecule is COc1cccc(C[Si](C)(C)CCCNc2ccc(CCC(N)(CO)CO)cc2)c1. The molecule has 0 aliphatic heterocycles. The van der Waals surface area contributed by atoms with E-state index in [0.717, 1.165) is 36.4 Å². The molecule has 0 radical (unpaired) electrons. The summed E-state index contributed by atoms with van der Waals surface area (Å²) in [5, 5.41) is 22.1. The maximum Gasteiger partial charge on any atom is 0.119 e. The summed E-state index contributed by atoms with van der Waals surface area (Å²) < 4.78 is 5.35. The Morgan fingerprint density at radius 2 is 1.73 bits per heavy atom. The number of anilines is 1. The highest BCUT2D eigenvalue weighted by molar-refractivity contribution is 6.76. The van der Waals surface area contributed by atoms with Crippen LogP contribution in [0.25, 0.3) is 0 Å². The van der Waals surface area contributed by atoms with Gasteiger partial charge in [0.15, 0.2) is 0 Å². The van der Waals surface area contributed by atoms with E-state index in [4.69, 9.17) is 10.5 Å². The molecule has 0 saturated carbocycles. The number of aryl methyl sites for hydroxylation is 1. The van der Waals surface area contributed by atoms with Crippen LogP contribution in [-0.4, -0.2) is 50.7 Å². The van der Waals surface area contributed by atoms with Gasteiger partial charge in [-0.2, -0.15) is 0 Å². The normalized spacial score (nSPS) is 12.1. The minimum absolute atomic E-state index is 0.208. The van der Waals surface area contributed by atoms with Crippen molar-refractivity contribution in [3.8, 4) is 5.75 Å². The van der Waals surface area contributed by atoms with Crippen LogP contribution in [0.15, 0.2) is 48.5 Å². The average Bonchev–Trinajstić information content (AvgIpc) is 2.75. The lowest BCUT2D eigenvalue weighted by molar-refractivity contribution is 0.115. The summed E-state index contributed by atoms with van der Waals surface area (Å²) in [6.07, 6.45) is 2.45. The number of ether oxygens (including phenoxy) is 1. The van der Waals surface area contributed by atoms with Crippen LogP contribution in [0.2, 0.25) is 19.1 Å². The highest BCUT2D eigenvalue weighted by Gasteiger charge is 2.22. The highest BCUT2D eigenvalue weighted by atomic mass is 28.3. The van der Waals surface area contributed by atoms with Crippen LogP contribution < -0.4 is 15.8 Å². The molecule has 30 heavy (non-hydrogen) atoms. The summed E-state index contributed by atoms with van der Waals surface area (Å²) in [6.45, 7) is 5.46. The van der Waals surface area contributed by atoms with Crippen molar-refractivity contribution >= 4 is 13.8 Å². The molecule has 0 heterocycles. The molecule has 0 bridgehead atoms. The topological polar surface area (TPSA) is 87.7 Å². The number of benzene rings is 2. The first-order chi connectivity index (χ1) is 14.3. The third-order valence-electron chi connectivity index (χ3n) is 5.67. The van der Waals surface area contributed by atoms with Crippen LogP contribution in [0.4, 0.5) is 5.69 Å². The molecule has 2 rings (SSSR count). The molecule has 5 N–H and O–H groups in total. The molecule has 0 spiro atoms. The zero-order valence-corrected chi connectivity index (χ0v) is 19.7. The van der Waals surface area contributed by atoms with E-state index >= 15 is 0 Å². The fraction of sp³-hybridized carbons (Fsp3) is 0.500. The summed E-state index contributed by atoms with van der Waals surface area (Å²) >= 11 is 0. The van der Waals surface area contributed by atoms with Gasteiger partial charge in [0.2, 0.25) is 0 Å². The van der Waals surface area contributed by atoms with Crippen LogP contribution in [0.1, 0.15) is 24.0 Å². The molecule has 5 nitrogen and oxygen atoms in total. The van der Waals surface area contributed by atoms with Gasteiger partial charge < -0.3 is 26.0 Å². The molecule has 0 atom stereocenters. The van der Waals surface area contributed by atoms with E-state index in [0.29, 0.717) is 6.42 Å². The summed E-state index contributed by atoms with van der Waals surface area (Å²) in [4.78, 5) is 0. The number of hydrogen-bond donors (Lipinski definition) is 4. The summed E-state index contributed by atoms with van der Waals surface area (Å²) in [5.41, 5.74) is 8.68. The first-order valence-corrected chi connectivity index (χ1v) is 14.2. The smallest absolute Gasteiger partial charge is 0.119 e. The second kappa shape index (κ2) is 11.5. The molecule has 0 aliphatic rings. The number of hydrogen-bond acceptors (Lipinski definition) is 5. The molecule has 0 aromatic heterocycles. The van der Waals surface area contributed by atoms with Crippen LogP contribution in [0, 0.1) is 0 Å². The summed E-state index contributed by atoms with van der Waals surface area (Å²) in [5.74, 6) is 0.937. The van der Waals surface area contributed by atoms with Crippen molar-refractivity contribution in [3.05, 3.63) is 59.7 Å². The van der Waals surface area contributed by atoms with Gasteiger partial charge in [0.05, 0.1) is 33.9 Å². The van der Waals surface area contributed by atoms with Crippen LogP contribution in [0.3, 0.4) is 0 Å². The quantitative estimate of drug-likeness (QED) is 0.288. The van der Waals surface area contributed by atoms with Gasteiger partial charge in [-0.15, -0.1) is 0 Å². The molecule has 0 saturated heterocycles. The predicted molar refractivity (Wildman–Crippen MR) is 128 cm³/mol. The van der Waals surface area contributed by atoms with Crippen molar-refractivity contribution in [1.82, 2.24) is 0 Å². The number of nitrogens with two attached hydrogens (primary N) is 1. The van der Waals surface area contributed by atoms with Crippen LogP contribution in [-0.2, 0) is 12.5 Å². The Hall–Kier alpha value is -1.86. The Labute approximate surface area is 182 Å². The van der Waals surface area contributed by atoms with E-state index in [1.54, 1.807) is 7.11 Å². The molecule has 2 aromatic carbocycles. The first kappa shape index (κ1) is 24.4. The van der Waals surface area contributed by atoms with Gasteiger partial charge in [-0.25, -0.2) is 0 Å². The van der Waals surface area contributed by atoms with Crippen LogP contribution >= 0.6 is 0 Å². The second-order valence-electron chi connectivity index (χ2n) is 9.10. The minimum atomic E-state index is -1.31. The molecule has 0 aliphatic carbocycles. The zero-order valence-electron chi connectivity index (χ0n) is 18.7. The Kier molecular flexibility index (Phi) is 9.36. The van der Waals surface area contributed by atoms with E-state index in [1.807, 2.05) is 6.07 Å². The maximum atomic E-state index is 9.29. The molecule has 0 fully saturated rings. The average molecular weight is 431 g/mol. The van der Waals surface area contributed by atoms with Gasteiger partial charge in [-0.3, -0.25) is 0 Å². The van der Waals surface area contributed by atoms with Crippen molar-refractivity contribution in [2.45, 2.75) is 50.0 Å². The Morgan fingerprint density at radius 3 is 2.37 bits per heavy atom. The molecular weight excluding hydrogens is 392 g/mol. The van der Waals surface area contributed by atoms with Crippen molar-refractivity contribution in [1.29, 1.82) is 0 Å². The van der Waals surface area contributed by atoms with E-state index in [-0.39, 0.29) is 13.2 Å². The highest BCUT2D eigenvalue weighted by Crippen LogP contribution is 2.22. The van der Waals surface area contributed by atoms with Gasteiger partial charge in [-0.1, -0.05) is 43.4 Å².